The molecule has 1 atom stereocenters. The zero-order valence-electron chi connectivity index (χ0n) is 13.1. The second-order valence-electron chi connectivity index (χ2n) is 5.60. The van der Waals surface area contributed by atoms with Gasteiger partial charge >= 0.3 is 0 Å². The molecule has 2 amide bonds. The van der Waals surface area contributed by atoms with E-state index in [0.717, 1.165) is 22.6 Å². The molecule has 0 unspecified atom stereocenters. The highest BCUT2D eigenvalue weighted by molar-refractivity contribution is 6.32. The zero-order valence-corrected chi connectivity index (χ0v) is 13.9. The highest BCUT2D eigenvalue weighted by Gasteiger charge is 2.25. The van der Waals surface area contributed by atoms with E-state index in [1.165, 1.54) is 0 Å². The van der Waals surface area contributed by atoms with Crippen LogP contribution in [0.4, 0.5) is 0 Å². The van der Waals surface area contributed by atoms with Crippen LogP contribution in [-0.2, 0) is 9.59 Å². The van der Waals surface area contributed by atoms with Crippen LogP contribution in [-0.4, -0.2) is 54.4 Å². The summed E-state index contributed by atoms with van der Waals surface area (Å²) in [6, 6.07) is 3.67. The second kappa shape index (κ2) is 7.01. The van der Waals surface area contributed by atoms with E-state index in [2.05, 4.69) is 0 Å². The van der Waals surface area contributed by atoms with Crippen molar-refractivity contribution in [2.75, 3.05) is 26.2 Å². The molecule has 1 heterocycles. The molecule has 0 aliphatic carbocycles. The molecule has 2 rings (SSSR count). The highest BCUT2D eigenvalue weighted by atomic mass is 35.5. The fourth-order valence-corrected chi connectivity index (χ4v) is 2.64. The van der Waals surface area contributed by atoms with Crippen LogP contribution in [0.25, 0.3) is 0 Å². The van der Waals surface area contributed by atoms with Gasteiger partial charge in [0.1, 0.15) is 5.75 Å². The Hall–Kier alpha value is -1.75. The molecule has 1 aliphatic heterocycles. The lowest BCUT2D eigenvalue weighted by atomic mass is 10.1. The van der Waals surface area contributed by atoms with E-state index in [4.69, 9.17) is 16.3 Å². The first kappa shape index (κ1) is 16.6. The minimum atomic E-state index is -0.567. The fraction of sp³-hybridized carbons (Fsp3) is 0.500. The summed E-state index contributed by atoms with van der Waals surface area (Å²) in [7, 11) is 0. The van der Waals surface area contributed by atoms with Gasteiger partial charge in [-0.3, -0.25) is 9.59 Å². The Bertz CT molecular complexity index is 546. The van der Waals surface area contributed by atoms with E-state index in [9.17, 15) is 9.59 Å². The van der Waals surface area contributed by atoms with Gasteiger partial charge in [-0.25, -0.2) is 0 Å². The van der Waals surface area contributed by atoms with E-state index < -0.39 is 6.10 Å². The Morgan fingerprint density at radius 3 is 2.27 bits per heavy atom. The number of carbonyl (C=O) groups excluding carboxylic acids is 2. The van der Waals surface area contributed by atoms with Gasteiger partial charge in [0, 0.05) is 31.2 Å². The average molecular weight is 325 g/mol. The molecule has 0 bridgehead atoms. The van der Waals surface area contributed by atoms with Gasteiger partial charge < -0.3 is 14.5 Å². The molecule has 6 heteroatoms. The number of amides is 2. The molecule has 0 spiro atoms. The molecule has 0 N–H and O–H groups in total. The first-order valence-electron chi connectivity index (χ1n) is 7.34. The molecule has 120 valence electrons. The van der Waals surface area contributed by atoms with Gasteiger partial charge in [0.15, 0.2) is 6.10 Å². The molecule has 1 saturated heterocycles. The Balaban J connectivity index is 1.98. The van der Waals surface area contributed by atoms with E-state index in [1.54, 1.807) is 16.7 Å². The third-order valence-electron chi connectivity index (χ3n) is 3.85. The number of hydrogen-bond donors (Lipinski definition) is 0. The number of benzene rings is 1. The summed E-state index contributed by atoms with van der Waals surface area (Å²) in [4.78, 5) is 26.5. The van der Waals surface area contributed by atoms with E-state index in [-0.39, 0.29) is 5.91 Å². The molecule has 5 nitrogen and oxygen atoms in total. The lowest BCUT2D eigenvalue weighted by molar-refractivity contribution is -0.141. The number of nitrogens with zero attached hydrogens (tertiary/aromatic N) is 2. The van der Waals surface area contributed by atoms with Gasteiger partial charge in [-0.2, -0.15) is 0 Å². The lowest BCUT2D eigenvalue weighted by Crippen LogP contribution is -2.51. The van der Waals surface area contributed by atoms with Crippen molar-refractivity contribution < 1.29 is 14.3 Å². The normalized spacial score (nSPS) is 16.4. The van der Waals surface area contributed by atoms with Crippen molar-refractivity contribution in [2.24, 2.45) is 0 Å². The lowest BCUT2D eigenvalue weighted by Gasteiger charge is -2.34. The largest absolute Gasteiger partial charge is 0.481 e. The van der Waals surface area contributed by atoms with Gasteiger partial charge in [0.25, 0.3) is 5.91 Å². The van der Waals surface area contributed by atoms with Crippen molar-refractivity contribution in [3.63, 3.8) is 0 Å². The molecule has 0 saturated carbocycles. The Kier molecular flexibility index (Phi) is 5.29. The van der Waals surface area contributed by atoms with Crippen LogP contribution in [0.5, 0.6) is 5.75 Å². The van der Waals surface area contributed by atoms with Crippen LogP contribution in [0.2, 0.25) is 5.02 Å². The van der Waals surface area contributed by atoms with Crippen LogP contribution in [0.15, 0.2) is 12.1 Å². The standard InChI is InChI=1S/C16H21ClN2O3/c1-11-8-14(9-12(2)15(11)17)22-13(3)16(21)19-6-4-18(10-20)5-7-19/h8-10,13H,4-7H2,1-3H3/t13-/m1/s1. The number of piperazine rings is 1. The Morgan fingerprint density at radius 1 is 1.23 bits per heavy atom. The predicted molar refractivity (Wildman–Crippen MR) is 85.2 cm³/mol. The van der Waals surface area contributed by atoms with Crippen LogP contribution < -0.4 is 4.74 Å². The zero-order chi connectivity index (χ0) is 16.3. The first-order chi connectivity index (χ1) is 10.4. The number of hydrogen-bond acceptors (Lipinski definition) is 3. The van der Waals surface area contributed by atoms with Crippen LogP contribution >= 0.6 is 11.6 Å². The van der Waals surface area contributed by atoms with Crippen LogP contribution in [0.1, 0.15) is 18.1 Å². The quantitative estimate of drug-likeness (QED) is 0.796. The van der Waals surface area contributed by atoms with E-state index in [1.807, 2.05) is 26.0 Å². The number of halogens is 1. The summed E-state index contributed by atoms with van der Waals surface area (Å²) in [6.07, 6.45) is 0.254. The van der Waals surface area contributed by atoms with Crippen molar-refractivity contribution in [1.29, 1.82) is 0 Å². The number of rotatable bonds is 4. The minimum Gasteiger partial charge on any atom is -0.481 e. The monoisotopic (exact) mass is 324 g/mol. The summed E-state index contributed by atoms with van der Waals surface area (Å²) in [5.41, 5.74) is 1.85. The minimum absolute atomic E-state index is 0.0594. The highest BCUT2D eigenvalue weighted by Crippen LogP contribution is 2.26. The molecule has 1 aromatic carbocycles. The Morgan fingerprint density at radius 2 is 1.77 bits per heavy atom. The smallest absolute Gasteiger partial charge is 0.263 e. The molecule has 1 aliphatic rings. The van der Waals surface area contributed by atoms with Crippen molar-refractivity contribution in [1.82, 2.24) is 9.80 Å². The average Bonchev–Trinajstić information content (AvgIpc) is 2.51. The summed E-state index contributed by atoms with van der Waals surface area (Å²) in [5.74, 6) is 0.586. The van der Waals surface area contributed by atoms with Crippen LogP contribution in [0, 0.1) is 13.8 Å². The summed E-state index contributed by atoms with van der Waals surface area (Å²) in [5, 5.41) is 0.719. The summed E-state index contributed by atoms with van der Waals surface area (Å²) < 4.78 is 5.77. The van der Waals surface area contributed by atoms with Crippen molar-refractivity contribution >= 4 is 23.9 Å². The first-order valence-corrected chi connectivity index (χ1v) is 7.71. The molecule has 1 fully saturated rings. The second-order valence-corrected chi connectivity index (χ2v) is 5.98. The molecule has 0 aromatic heterocycles. The van der Waals surface area contributed by atoms with Gasteiger partial charge in [-0.1, -0.05) is 11.6 Å². The fourth-order valence-electron chi connectivity index (χ4n) is 2.53. The number of ether oxygens (including phenoxy) is 1. The maximum atomic E-state index is 12.4. The third kappa shape index (κ3) is 3.71. The number of aryl methyl sites for hydroxylation is 2. The van der Waals surface area contributed by atoms with Gasteiger partial charge in [-0.15, -0.1) is 0 Å². The van der Waals surface area contributed by atoms with E-state index >= 15 is 0 Å². The van der Waals surface area contributed by atoms with Gasteiger partial charge in [0.05, 0.1) is 0 Å². The Labute approximate surface area is 135 Å². The van der Waals surface area contributed by atoms with Crippen molar-refractivity contribution in [3.8, 4) is 5.75 Å². The predicted octanol–water partition coefficient (Wildman–Crippen LogP) is 2.02. The molecule has 1 aromatic rings. The summed E-state index contributed by atoms with van der Waals surface area (Å²) in [6.45, 7) is 7.80. The van der Waals surface area contributed by atoms with Crippen LogP contribution in [0.3, 0.4) is 0 Å². The molecule has 22 heavy (non-hydrogen) atoms. The summed E-state index contributed by atoms with van der Waals surface area (Å²) >= 11 is 6.13. The maximum Gasteiger partial charge on any atom is 0.263 e. The third-order valence-corrected chi connectivity index (χ3v) is 4.44. The SMILES string of the molecule is Cc1cc(O[C@H](C)C(=O)N2CCN(C=O)CC2)cc(C)c1Cl. The van der Waals surface area contributed by atoms with E-state index in [0.29, 0.717) is 31.9 Å². The number of carbonyl (C=O) groups is 2. The molecule has 0 radical (unpaired) electrons. The molecular weight excluding hydrogens is 304 g/mol. The van der Waals surface area contributed by atoms with Crippen molar-refractivity contribution in [3.05, 3.63) is 28.3 Å². The molecular formula is C16H21ClN2O3. The van der Waals surface area contributed by atoms with Gasteiger partial charge in [0.2, 0.25) is 6.41 Å². The van der Waals surface area contributed by atoms with Crippen molar-refractivity contribution in [2.45, 2.75) is 26.9 Å². The maximum absolute atomic E-state index is 12.4. The topological polar surface area (TPSA) is 49.9 Å². The van der Waals surface area contributed by atoms with Gasteiger partial charge in [-0.05, 0) is 44.0 Å².